The van der Waals surface area contributed by atoms with Gasteiger partial charge >= 0.3 is 0 Å². The van der Waals surface area contributed by atoms with E-state index in [-0.39, 0.29) is 5.91 Å². The Hall–Kier alpha value is -1.55. The SMILES string of the molecule is CCC(Oc1ccc(C)cc1)C(=O)N1CCOCC1. The lowest BCUT2D eigenvalue weighted by atomic mass is 10.2. The van der Waals surface area contributed by atoms with Crippen molar-refractivity contribution in [1.82, 2.24) is 4.90 Å². The van der Waals surface area contributed by atoms with Crippen LogP contribution in [0.25, 0.3) is 0 Å². The standard InChI is InChI=1S/C15H21NO3/c1-3-14(15(17)16-8-10-18-11-9-16)19-13-6-4-12(2)5-7-13/h4-7,14H,3,8-11H2,1-2H3. The molecule has 1 aliphatic heterocycles. The second-order valence-electron chi connectivity index (χ2n) is 4.77. The number of carbonyl (C=O) groups excluding carboxylic acids is 1. The molecule has 1 amide bonds. The highest BCUT2D eigenvalue weighted by molar-refractivity contribution is 5.81. The monoisotopic (exact) mass is 263 g/mol. The lowest BCUT2D eigenvalue weighted by Gasteiger charge is -2.30. The van der Waals surface area contributed by atoms with Gasteiger partial charge in [0.2, 0.25) is 0 Å². The molecule has 1 aliphatic rings. The van der Waals surface area contributed by atoms with Gasteiger partial charge in [-0.3, -0.25) is 4.79 Å². The van der Waals surface area contributed by atoms with Crippen molar-refractivity contribution in [3.8, 4) is 5.75 Å². The quantitative estimate of drug-likeness (QED) is 0.834. The van der Waals surface area contributed by atoms with E-state index in [2.05, 4.69) is 0 Å². The van der Waals surface area contributed by atoms with Crippen LogP contribution >= 0.6 is 0 Å². The van der Waals surface area contributed by atoms with E-state index < -0.39 is 6.10 Å². The van der Waals surface area contributed by atoms with Crippen molar-refractivity contribution >= 4 is 5.91 Å². The summed E-state index contributed by atoms with van der Waals surface area (Å²) >= 11 is 0. The summed E-state index contributed by atoms with van der Waals surface area (Å²) in [6.07, 6.45) is 0.269. The average molecular weight is 263 g/mol. The highest BCUT2D eigenvalue weighted by Gasteiger charge is 2.25. The van der Waals surface area contributed by atoms with Gasteiger partial charge in [-0.25, -0.2) is 0 Å². The number of rotatable bonds is 4. The zero-order chi connectivity index (χ0) is 13.7. The van der Waals surface area contributed by atoms with Crippen LogP contribution in [0.15, 0.2) is 24.3 Å². The zero-order valence-corrected chi connectivity index (χ0v) is 11.6. The molecule has 19 heavy (non-hydrogen) atoms. The Morgan fingerprint density at radius 1 is 1.32 bits per heavy atom. The molecule has 1 saturated heterocycles. The Kier molecular flexibility index (Phi) is 4.80. The van der Waals surface area contributed by atoms with E-state index in [1.54, 1.807) is 0 Å². The van der Waals surface area contributed by atoms with Gasteiger partial charge in [-0.05, 0) is 25.5 Å². The van der Waals surface area contributed by atoms with Crippen molar-refractivity contribution in [3.63, 3.8) is 0 Å². The van der Waals surface area contributed by atoms with E-state index in [9.17, 15) is 4.79 Å². The van der Waals surface area contributed by atoms with E-state index in [1.165, 1.54) is 5.56 Å². The number of hydrogen-bond acceptors (Lipinski definition) is 3. The number of amides is 1. The molecule has 0 N–H and O–H groups in total. The molecule has 0 aliphatic carbocycles. The topological polar surface area (TPSA) is 38.8 Å². The van der Waals surface area contributed by atoms with Crippen molar-refractivity contribution < 1.29 is 14.3 Å². The molecule has 1 atom stereocenters. The second kappa shape index (κ2) is 6.57. The first kappa shape index (κ1) is 13.9. The van der Waals surface area contributed by atoms with E-state index in [4.69, 9.17) is 9.47 Å². The number of nitrogens with zero attached hydrogens (tertiary/aromatic N) is 1. The Bertz CT molecular complexity index is 410. The fourth-order valence-electron chi connectivity index (χ4n) is 2.08. The van der Waals surface area contributed by atoms with Crippen LogP contribution < -0.4 is 4.74 Å². The molecular formula is C15H21NO3. The minimum Gasteiger partial charge on any atom is -0.481 e. The third-order valence-electron chi connectivity index (χ3n) is 3.27. The van der Waals surface area contributed by atoms with E-state index in [0.29, 0.717) is 32.7 Å². The smallest absolute Gasteiger partial charge is 0.263 e. The summed E-state index contributed by atoms with van der Waals surface area (Å²) < 4.78 is 11.1. The van der Waals surface area contributed by atoms with Crippen LogP contribution in [0.1, 0.15) is 18.9 Å². The maximum atomic E-state index is 12.3. The molecule has 0 bridgehead atoms. The van der Waals surface area contributed by atoms with Gasteiger partial charge in [0.15, 0.2) is 6.10 Å². The van der Waals surface area contributed by atoms with Crippen LogP contribution in [0.3, 0.4) is 0 Å². The first-order valence-electron chi connectivity index (χ1n) is 6.80. The maximum Gasteiger partial charge on any atom is 0.263 e. The second-order valence-corrected chi connectivity index (χ2v) is 4.77. The van der Waals surface area contributed by atoms with Crippen molar-refractivity contribution in [2.45, 2.75) is 26.4 Å². The van der Waals surface area contributed by atoms with Gasteiger partial charge in [-0.15, -0.1) is 0 Å². The van der Waals surface area contributed by atoms with E-state index >= 15 is 0 Å². The summed E-state index contributed by atoms with van der Waals surface area (Å²) in [4.78, 5) is 14.2. The van der Waals surface area contributed by atoms with Crippen LogP contribution in [0.2, 0.25) is 0 Å². The first-order chi connectivity index (χ1) is 9.20. The molecule has 104 valence electrons. The molecule has 1 aromatic rings. The highest BCUT2D eigenvalue weighted by Crippen LogP contribution is 2.16. The number of benzene rings is 1. The third-order valence-corrected chi connectivity index (χ3v) is 3.27. The molecule has 1 unspecified atom stereocenters. The number of ether oxygens (including phenoxy) is 2. The largest absolute Gasteiger partial charge is 0.481 e. The first-order valence-corrected chi connectivity index (χ1v) is 6.80. The lowest BCUT2D eigenvalue weighted by Crippen LogP contribution is -2.47. The van der Waals surface area contributed by atoms with Crippen molar-refractivity contribution in [2.75, 3.05) is 26.3 Å². The summed E-state index contributed by atoms with van der Waals surface area (Å²) in [6.45, 7) is 6.55. The molecule has 0 saturated carbocycles. The molecule has 2 rings (SSSR count). The Morgan fingerprint density at radius 2 is 1.95 bits per heavy atom. The minimum absolute atomic E-state index is 0.0615. The van der Waals surface area contributed by atoms with E-state index in [0.717, 1.165) is 5.75 Å². The summed E-state index contributed by atoms with van der Waals surface area (Å²) in [6, 6.07) is 7.79. The Labute approximate surface area is 114 Å². The molecule has 0 aromatic heterocycles. The summed E-state index contributed by atoms with van der Waals surface area (Å²) in [7, 11) is 0. The molecule has 1 aromatic carbocycles. The van der Waals surface area contributed by atoms with E-state index in [1.807, 2.05) is 43.0 Å². The Balaban J connectivity index is 1.98. The Morgan fingerprint density at radius 3 is 2.53 bits per heavy atom. The number of aryl methyl sites for hydroxylation is 1. The number of carbonyl (C=O) groups is 1. The van der Waals surface area contributed by atoms with Gasteiger partial charge in [0, 0.05) is 13.1 Å². The zero-order valence-electron chi connectivity index (χ0n) is 11.6. The number of morpholine rings is 1. The van der Waals surface area contributed by atoms with Gasteiger partial charge < -0.3 is 14.4 Å². The maximum absolute atomic E-state index is 12.3. The summed E-state index contributed by atoms with van der Waals surface area (Å²) in [5, 5.41) is 0. The molecule has 0 radical (unpaired) electrons. The molecule has 1 heterocycles. The van der Waals surface area contributed by atoms with Crippen molar-refractivity contribution in [2.24, 2.45) is 0 Å². The lowest BCUT2D eigenvalue weighted by molar-refractivity contribution is -0.142. The van der Waals surface area contributed by atoms with Gasteiger partial charge in [0.25, 0.3) is 5.91 Å². The van der Waals surface area contributed by atoms with Gasteiger partial charge in [0.05, 0.1) is 13.2 Å². The van der Waals surface area contributed by atoms with Gasteiger partial charge in [0.1, 0.15) is 5.75 Å². The molecule has 0 spiro atoms. The fraction of sp³-hybridized carbons (Fsp3) is 0.533. The van der Waals surface area contributed by atoms with Gasteiger partial charge in [-0.2, -0.15) is 0 Å². The van der Waals surface area contributed by atoms with Crippen LogP contribution in [0.4, 0.5) is 0 Å². The predicted octanol–water partition coefficient (Wildman–Crippen LogP) is 2.01. The van der Waals surface area contributed by atoms with Gasteiger partial charge in [-0.1, -0.05) is 24.6 Å². The summed E-state index contributed by atoms with van der Waals surface area (Å²) in [5.74, 6) is 0.811. The van der Waals surface area contributed by atoms with Crippen molar-refractivity contribution in [3.05, 3.63) is 29.8 Å². The third kappa shape index (κ3) is 3.70. The normalized spacial score (nSPS) is 17.1. The minimum atomic E-state index is -0.402. The average Bonchev–Trinajstić information content (AvgIpc) is 2.47. The molecule has 1 fully saturated rings. The van der Waals surface area contributed by atoms with Crippen LogP contribution in [-0.4, -0.2) is 43.2 Å². The summed E-state index contributed by atoms with van der Waals surface area (Å²) in [5.41, 5.74) is 1.18. The molecule has 4 heteroatoms. The van der Waals surface area contributed by atoms with Crippen molar-refractivity contribution in [1.29, 1.82) is 0 Å². The van der Waals surface area contributed by atoms with Crippen LogP contribution in [-0.2, 0) is 9.53 Å². The number of hydrogen-bond donors (Lipinski definition) is 0. The van der Waals surface area contributed by atoms with Crippen LogP contribution in [0, 0.1) is 6.92 Å². The molecule has 4 nitrogen and oxygen atoms in total. The predicted molar refractivity (Wildman–Crippen MR) is 73.3 cm³/mol. The highest BCUT2D eigenvalue weighted by atomic mass is 16.5. The van der Waals surface area contributed by atoms with Crippen LogP contribution in [0.5, 0.6) is 5.75 Å². The fourth-order valence-corrected chi connectivity index (χ4v) is 2.08. The molecular weight excluding hydrogens is 242 g/mol.